The largest absolute Gasteiger partial charge is 0.483 e. The van der Waals surface area contributed by atoms with Crippen molar-refractivity contribution in [3.8, 4) is 5.75 Å². The second-order valence-corrected chi connectivity index (χ2v) is 7.99. The SMILES string of the molecule is C[C@]1(N2CCCCC2)C(=O)c2cc(Br)ccc2O[C@H]1c1ccccc1. The molecule has 0 spiro atoms. The van der Waals surface area contributed by atoms with Gasteiger partial charge in [0.25, 0.3) is 0 Å². The summed E-state index contributed by atoms with van der Waals surface area (Å²) in [5.74, 6) is 0.836. The molecule has 0 aromatic heterocycles. The summed E-state index contributed by atoms with van der Waals surface area (Å²) in [6, 6.07) is 15.8. The Kier molecular flexibility index (Phi) is 4.42. The number of ether oxygens (including phenoxy) is 1. The van der Waals surface area contributed by atoms with Crippen molar-refractivity contribution in [3.05, 3.63) is 64.1 Å². The Labute approximate surface area is 157 Å². The normalized spacial score (nSPS) is 26.8. The molecule has 2 atom stereocenters. The van der Waals surface area contributed by atoms with E-state index in [1.165, 1.54) is 6.42 Å². The number of fused-ring (bicyclic) bond motifs is 1. The van der Waals surface area contributed by atoms with Crippen molar-refractivity contribution in [1.29, 1.82) is 0 Å². The quantitative estimate of drug-likeness (QED) is 0.710. The highest BCUT2D eigenvalue weighted by Crippen LogP contribution is 2.45. The Morgan fingerprint density at radius 3 is 2.52 bits per heavy atom. The van der Waals surface area contributed by atoms with E-state index >= 15 is 0 Å². The third-order valence-electron chi connectivity index (χ3n) is 5.52. The summed E-state index contributed by atoms with van der Waals surface area (Å²) in [7, 11) is 0. The Morgan fingerprint density at radius 1 is 1.08 bits per heavy atom. The van der Waals surface area contributed by atoms with E-state index in [9.17, 15) is 4.79 Å². The van der Waals surface area contributed by atoms with Gasteiger partial charge in [0, 0.05) is 4.47 Å². The number of piperidine rings is 1. The Balaban J connectivity index is 1.85. The Bertz CT molecular complexity index is 786. The summed E-state index contributed by atoms with van der Waals surface area (Å²) in [6.45, 7) is 3.94. The van der Waals surface area contributed by atoms with Crippen LogP contribution in [0.5, 0.6) is 5.75 Å². The van der Waals surface area contributed by atoms with Gasteiger partial charge in [0.15, 0.2) is 5.78 Å². The second kappa shape index (κ2) is 6.58. The zero-order chi connectivity index (χ0) is 17.4. The third-order valence-corrected chi connectivity index (χ3v) is 6.01. The molecule has 2 aromatic carbocycles. The monoisotopic (exact) mass is 399 g/mol. The van der Waals surface area contributed by atoms with Gasteiger partial charge in [-0.2, -0.15) is 0 Å². The highest BCUT2D eigenvalue weighted by Gasteiger charge is 2.52. The van der Waals surface area contributed by atoms with Gasteiger partial charge < -0.3 is 4.74 Å². The predicted octanol–water partition coefficient (Wildman–Crippen LogP) is 5.01. The second-order valence-electron chi connectivity index (χ2n) is 7.07. The number of hydrogen-bond donors (Lipinski definition) is 0. The molecule has 2 heterocycles. The van der Waals surface area contributed by atoms with Crippen LogP contribution in [0.3, 0.4) is 0 Å². The predicted molar refractivity (Wildman–Crippen MR) is 102 cm³/mol. The van der Waals surface area contributed by atoms with Crippen LogP contribution in [0.15, 0.2) is 53.0 Å². The molecule has 0 saturated carbocycles. The van der Waals surface area contributed by atoms with Crippen LogP contribution in [0.25, 0.3) is 0 Å². The fourth-order valence-electron chi connectivity index (χ4n) is 4.10. The number of rotatable bonds is 2. The molecule has 3 nitrogen and oxygen atoms in total. The minimum Gasteiger partial charge on any atom is -0.483 e. The van der Waals surface area contributed by atoms with Gasteiger partial charge >= 0.3 is 0 Å². The number of carbonyl (C=O) groups is 1. The molecule has 0 N–H and O–H groups in total. The number of hydrogen-bond acceptors (Lipinski definition) is 3. The van der Waals surface area contributed by atoms with Crippen molar-refractivity contribution in [2.45, 2.75) is 37.8 Å². The fraction of sp³-hybridized carbons (Fsp3) is 0.381. The van der Waals surface area contributed by atoms with E-state index in [1.807, 2.05) is 36.4 Å². The lowest BCUT2D eigenvalue weighted by molar-refractivity contribution is -0.0154. The highest BCUT2D eigenvalue weighted by atomic mass is 79.9. The van der Waals surface area contributed by atoms with Crippen molar-refractivity contribution < 1.29 is 9.53 Å². The number of likely N-dealkylation sites (tertiary alicyclic amines) is 1. The molecule has 0 radical (unpaired) electrons. The average Bonchev–Trinajstić information content (AvgIpc) is 2.66. The lowest BCUT2D eigenvalue weighted by Gasteiger charge is -2.49. The molecule has 1 saturated heterocycles. The van der Waals surface area contributed by atoms with Crippen molar-refractivity contribution in [1.82, 2.24) is 4.90 Å². The van der Waals surface area contributed by atoms with Crippen LogP contribution in [0.4, 0.5) is 0 Å². The van der Waals surface area contributed by atoms with Gasteiger partial charge in [0.2, 0.25) is 0 Å². The molecule has 130 valence electrons. The first-order valence-corrected chi connectivity index (χ1v) is 9.71. The third kappa shape index (κ3) is 2.81. The van der Waals surface area contributed by atoms with Crippen LogP contribution in [0.2, 0.25) is 0 Å². The fourth-order valence-corrected chi connectivity index (χ4v) is 4.47. The van der Waals surface area contributed by atoms with Crippen LogP contribution in [0.1, 0.15) is 48.2 Å². The lowest BCUT2D eigenvalue weighted by Crippen LogP contribution is -2.60. The first-order valence-electron chi connectivity index (χ1n) is 8.92. The van der Waals surface area contributed by atoms with Gasteiger partial charge in [-0.15, -0.1) is 0 Å². The average molecular weight is 400 g/mol. The van der Waals surface area contributed by atoms with Gasteiger partial charge in [-0.25, -0.2) is 0 Å². The number of Topliss-reactive ketones (excluding diaryl/α,β-unsaturated/α-hetero) is 1. The summed E-state index contributed by atoms with van der Waals surface area (Å²) in [4.78, 5) is 16.0. The Morgan fingerprint density at radius 2 is 1.80 bits per heavy atom. The van der Waals surface area contributed by atoms with Gasteiger partial charge in [0.05, 0.1) is 5.56 Å². The molecule has 0 unspecified atom stereocenters. The molecule has 4 heteroatoms. The lowest BCUT2D eigenvalue weighted by atomic mass is 9.77. The first-order chi connectivity index (χ1) is 12.1. The molecule has 0 amide bonds. The standard InChI is InChI=1S/C21H22BrNO2/c1-21(23-12-6-3-7-13-23)19(24)17-14-16(22)10-11-18(17)25-20(21)15-8-4-2-5-9-15/h2,4-5,8-11,14,20H,3,6-7,12-13H2,1H3/t20-,21-/m0/s1. The minimum absolute atomic E-state index is 0.158. The molecule has 4 rings (SSSR count). The summed E-state index contributed by atoms with van der Waals surface area (Å²) >= 11 is 3.49. The molecule has 2 aliphatic rings. The maximum atomic E-state index is 13.6. The zero-order valence-electron chi connectivity index (χ0n) is 14.4. The van der Waals surface area contributed by atoms with E-state index in [1.54, 1.807) is 0 Å². The maximum absolute atomic E-state index is 13.6. The van der Waals surface area contributed by atoms with Crippen molar-refractivity contribution in [2.75, 3.05) is 13.1 Å². The highest BCUT2D eigenvalue weighted by molar-refractivity contribution is 9.10. The molecule has 2 aromatic rings. The molecule has 25 heavy (non-hydrogen) atoms. The topological polar surface area (TPSA) is 29.5 Å². The molecule has 0 bridgehead atoms. The van der Waals surface area contributed by atoms with E-state index in [0.29, 0.717) is 11.3 Å². The first kappa shape index (κ1) is 16.8. The van der Waals surface area contributed by atoms with E-state index in [0.717, 1.165) is 36.0 Å². The van der Waals surface area contributed by atoms with Crippen LogP contribution < -0.4 is 4.74 Å². The van der Waals surface area contributed by atoms with E-state index in [4.69, 9.17) is 4.74 Å². The van der Waals surface area contributed by atoms with Gasteiger partial charge in [-0.05, 0) is 56.6 Å². The van der Waals surface area contributed by atoms with Crippen LogP contribution in [-0.2, 0) is 0 Å². The maximum Gasteiger partial charge on any atom is 0.190 e. The minimum atomic E-state index is -0.685. The summed E-state index contributed by atoms with van der Waals surface area (Å²) in [5, 5.41) is 0. The zero-order valence-corrected chi connectivity index (χ0v) is 16.0. The Hall–Kier alpha value is -1.65. The van der Waals surface area contributed by atoms with Gasteiger partial charge in [-0.1, -0.05) is 52.7 Å². The van der Waals surface area contributed by atoms with Crippen molar-refractivity contribution >= 4 is 21.7 Å². The van der Waals surface area contributed by atoms with E-state index in [2.05, 4.69) is 39.9 Å². The van der Waals surface area contributed by atoms with Crippen molar-refractivity contribution in [2.24, 2.45) is 0 Å². The van der Waals surface area contributed by atoms with Gasteiger partial charge in [-0.3, -0.25) is 9.69 Å². The van der Waals surface area contributed by atoms with Crippen LogP contribution in [0, 0.1) is 0 Å². The molecule has 2 aliphatic heterocycles. The number of carbonyl (C=O) groups excluding carboxylic acids is 1. The smallest absolute Gasteiger partial charge is 0.190 e. The van der Waals surface area contributed by atoms with E-state index < -0.39 is 5.54 Å². The molecular formula is C21H22BrNO2. The summed E-state index contributed by atoms with van der Waals surface area (Å²) < 4.78 is 7.33. The van der Waals surface area contributed by atoms with E-state index in [-0.39, 0.29) is 11.9 Å². The van der Waals surface area contributed by atoms with Crippen molar-refractivity contribution in [3.63, 3.8) is 0 Å². The number of halogens is 1. The summed E-state index contributed by atoms with van der Waals surface area (Å²) in [5.41, 5.74) is 1.04. The number of ketones is 1. The number of benzene rings is 2. The van der Waals surface area contributed by atoms with Crippen LogP contribution in [-0.4, -0.2) is 29.3 Å². The molecule has 1 fully saturated rings. The van der Waals surface area contributed by atoms with Crippen LogP contribution >= 0.6 is 15.9 Å². The molecular weight excluding hydrogens is 378 g/mol. The van der Waals surface area contributed by atoms with Gasteiger partial charge in [0.1, 0.15) is 17.4 Å². The molecule has 0 aliphatic carbocycles. The number of nitrogens with zero attached hydrogens (tertiary/aromatic N) is 1. The summed E-state index contributed by atoms with van der Waals surface area (Å²) in [6.07, 6.45) is 3.21.